The number of hydrogen-bond donors (Lipinski definition) is 2. The summed E-state index contributed by atoms with van der Waals surface area (Å²) in [4.78, 5) is 24.2. The fraction of sp³-hybridized carbons (Fsp3) is 0.250. The first-order valence-electron chi connectivity index (χ1n) is 8.21. The first-order valence-corrected chi connectivity index (χ1v) is 8.21. The van der Waals surface area contributed by atoms with Crippen molar-refractivity contribution >= 4 is 17.5 Å². The molecule has 0 saturated heterocycles. The zero-order chi connectivity index (χ0) is 19.1. The molecule has 2 N–H and O–H groups in total. The normalized spacial score (nSPS) is 11.2. The van der Waals surface area contributed by atoms with Crippen molar-refractivity contribution in [1.29, 1.82) is 5.26 Å². The summed E-state index contributed by atoms with van der Waals surface area (Å²) in [6, 6.07) is 14.3. The Hall–Kier alpha value is -3.33. The van der Waals surface area contributed by atoms with E-state index in [2.05, 4.69) is 10.6 Å². The molecule has 0 saturated carbocycles. The molecule has 0 bridgehead atoms. The molecule has 6 nitrogen and oxygen atoms in total. The number of amides is 2. The van der Waals surface area contributed by atoms with Gasteiger partial charge in [-0.05, 0) is 50.1 Å². The Balaban J connectivity index is 1.87. The third-order valence-electron chi connectivity index (χ3n) is 3.81. The molecular weight excluding hydrogens is 330 g/mol. The monoisotopic (exact) mass is 351 g/mol. The van der Waals surface area contributed by atoms with Crippen LogP contribution in [0.15, 0.2) is 42.5 Å². The fourth-order valence-corrected chi connectivity index (χ4v) is 2.40. The van der Waals surface area contributed by atoms with Gasteiger partial charge in [0.15, 0.2) is 6.10 Å². The maximum atomic E-state index is 12.1. The Labute approximate surface area is 152 Å². The lowest BCUT2D eigenvalue weighted by Crippen LogP contribution is -2.40. The van der Waals surface area contributed by atoms with Crippen LogP contribution in [0, 0.1) is 25.2 Å². The molecule has 0 heterocycles. The zero-order valence-corrected chi connectivity index (χ0v) is 15.0. The van der Waals surface area contributed by atoms with E-state index in [1.807, 2.05) is 38.1 Å². The molecule has 0 fully saturated rings. The Morgan fingerprint density at radius 2 is 1.81 bits per heavy atom. The van der Waals surface area contributed by atoms with Gasteiger partial charge in [-0.3, -0.25) is 9.59 Å². The van der Waals surface area contributed by atoms with E-state index in [0.29, 0.717) is 11.3 Å². The van der Waals surface area contributed by atoms with E-state index in [1.165, 1.54) is 0 Å². The molecule has 0 spiro atoms. The summed E-state index contributed by atoms with van der Waals surface area (Å²) < 4.78 is 5.51. The van der Waals surface area contributed by atoms with Crippen molar-refractivity contribution in [1.82, 2.24) is 5.32 Å². The molecule has 0 radical (unpaired) electrons. The summed E-state index contributed by atoms with van der Waals surface area (Å²) in [6.45, 7) is 5.25. The second-order valence-corrected chi connectivity index (χ2v) is 5.93. The van der Waals surface area contributed by atoms with Crippen LogP contribution < -0.4 is 15.4 Å². The minimum Gasteiger partial charge on any atom is -0.481 e. The van der Waals surface area contributed by atoms with Gasteiger partial charge in [0.1, 0.15) is 5.75 Å². The summed E-state index contributed by atoms with van der Waals surface area (Å²) in [6.07, 6.45) is -0.794. The number of nitriles is 1. The van der Waals surface area contributed by atoms with Crippen LogP contribution in [0.25, 0.3) is 0 Å². The number of para-hydroxylation sites is 1. The van der Waals surface area contributed by atoms with Gasteiger partial charge in [0.05, 0.1) is 18.2 Å². The van der Waals surface area contributed by atoms with E-state index in [9.17, 15) is 9.59 Å². The Morgan fingerprint density at radius 3 is 2.46 bits per heavy atom. The maximum Gasteiger partial charge on any atom is 0.261 e. The standard InChI is InChI=1S/C20H21N3O3/c1-13-6-4-7-14(2)19(13)23-18(24)12-22-20(25)15(3)26-17-9-5-8-16(10-17)11-21/h4-10,15H,12H2,1-3H3,(H,22,25)(H,23,24). The third kappa shape index (κ3) is 5.08. The number of benzene rings is 2. The highest BCUT2D eigenvalue weighted by Gasteiger charge is 2.16. The molecule has 6 heteroatoms. The SMILES string of the molecule is Cc1cccc(C)c1NC(=O)CNC(=O)C(C)Oc1cccc(C#N)c1. The van der Waals surface area contributed by atoms with Crippen LogP contribution in [0.3, 0.4) is 0 Å². The van der Waals surface area contributed by atoms with Crippen LogP contribution in [0.2, 0.25) is 0 Å². The van der Waals surface area contributed by atoms with Crippen LogP contribution in [0.4, 0.5) is 5.69 Å². The summed E-state index contributed by atoms with van der Waals surface area (Å²) in [5, 5.41) is 14.2. The number of hydrogen-bond acceptors (Lipinski definition) is 4. The second-order valence-electron chi connectivity index (χ2n) is 5.93. The summed E-state index contributed by atoms with van der Waals surface area (Å²) >= 11 is 0. The molecule has 134 valence electrons. The lowest BCUT2D eigenvalue weighted by atomic mass is 10.1. The van der Waals surface area contributed by atoms with E-state index in [0.717, 1.165) is 16.8 Å². The van der Waals surface area contributed by atoms with Crippen molar-refractivity contribution in [2.45, 2.75) is 26.9 Å². The minimum absolute atomic E-state index is 0.154. The van der Waals surface area contributed by atoms with Gasteiger partial charge in [0.2, 0.25) is 5.91 Å². The number of carbonyl (C=O) groups excluding carboxylic acids is 2. The topological polar surface area (TPSA) is 91.2 Å². The van der Waals surface area contributed by atoms with Crippen LogP contribution in [-0.2, 0) is 9.59 Å². The van der Waals surface area contributed by atoms with Crippen molar-refractivity contribution in [2.75, 3.05) is 11.9 Å². The second kappa shape index (κ2) is 8.67. The molecule has 2 amide bonds. The molecule has 0 aliphatic heterocycles. The number of anilines is 1. The maximum absolute atomic E-state index is 12.1. The first kappa shape index (κ1) is 19.0. The molecule has 2 aromatic carbocycles. The van der Waals surface area contributed by atoms with Gasteiger partial charge in [-0.2, -0.15) is 5.26 Å². The van der Waals surface area contributed by atoms with Crippen molar-refractivity contribution in [3.05, 3.63) is 59.2 Å². The summed E-state index contributed by atoms with van der Waals surface area (Å²) in [7, 11) is 0. The summed E-state index contributed by atoms with van der Waals surface area (Å²) in [5.41, 5.74) is 3.12. The molecule has 0 aliphatic rings. The Morgan fingerprint density at radius 1 is 1.15 bits per heavy atom. The van der Waals surface area contributed by atoms with Crippen LogP contribution in [-0.4, -0.2) is 24.5 Å². The van der Waals surface area contributed by atoms with E-state index in [4.69, 9.17) is 10.00 Å². The highest BCUT2D eigenvalue weighted by Crippen LogP contribution is 2.19. The smallest absolute Gasteiger partial charge is 0.261 e. The molecule has 1 atom stereocenters. The van der Waals surface area contributed by atoms with Gasteiger partial charge < -0.3 is 15.4 Å². The van der Waals surface area contributed by atoms with Gasteiger partial charge in [0, 0.05) is 5.69 Å². The number of ether oxygens (including phenoxy) is 1. The average molecular weight is 351 g/mol. The fourth-order valence-electron chi connectivity index (χ4n) is 2.40. The number of nitrogens with one attached hydrogen (secondary N) is 2. The van der Waals surface area contributed by atoms with Crippen molar-refractivity contribution < 1.29 is 14.3 Å². The van der Waals surface area contributed by atoms with Crippen LogP contribution in [0.1, 0.15) is 23.6 Å². The predicted octanol–water partition coefficient (Wildman–Crippen LogP) is 2.70. The molecule has 1 unspecified atom stereocenters. The average Bonchev–Trinajstić information content (AvgIpc) is 2.63. The van der Waals surface area contributed by atoms with Crippen molar-refractivity contribution in [3.8, 4) is 11.8 Å². The Kier molecular flexibility index (Phi) is 6.34. The lowest BCUT2D eigenvalue weighted by Gasteiger charge is -2.15. The molecule has 2 aromatic rings. The number of rotatable bonds is 6. The van der Waals surface area contributed by atoms with E-state index in [-0.39, 0.29) is 12.5 Å². The highest BCUT2D eigenvalue weighted by atomic mass is 16.5. The minimum atomic E-state index is -0.794. The number of nitrogens with zero attached hydrogens (tertiary/aromatic N) is 1. The zero-order valence-electron chi connectivity index (χ0n) is 15.0. The lowest BCUT2D eigenvalue weighted by molar-refractivity contribution is -0.129. The highest BCUT2D eigenvalue weighted by molar-refractivity contribution is 5.96. The van der Waals surface area contributed by atoms with E-state index < -0.39 is 12.0 Å². The van der Waals surface area contributed by atoms with Gasteiger partial charge >= 0.3 is 0 Å². The third-order valence-corrected chi connectivity index (χ3v) is 3.81. The molecular formula is C20H21N3O3. The number of aryl methyl sites for hydroxylation is 2. The van der Waals surface area contributed by atoms with Crippen molar-refractivity contribution in [3.63, 3.8) is 0 Å². The van der Waals surface area contributed by atoms with Gasteiger partial charge in [-0.25, -0.2) is 0 Å². The van der Waals surface area contributed by atoms with Crippen LogP contribution >= 0.6 is 0 Å². The summed E-state index contributed by atoms with van der Waals surface area (Å²) in [5.74, 6) is -0.301. The molecule has 26 heavy (non-hydrogen) atoms. The predicted molar refractivity (Wildman–Crippen MR) is 98.8 cm³/mol. The van der Waals surface area contributed by atoms with Gasteiger partial charge in [-0.1, -0.05) is 24.3 Å². The van der Waals surface area contributed by atoms with E-state index >= 15 is 0 Å². The van der Waals surface area contributed by atoms with Gasteiger partial charge in [-0.15, -0.1) is 0 Å². The first-order chi connectivity index (χ1) is 12.4. The molecule has 0 aromatic heterocycles. The van der Waals surface area contributed by atoms with E-state index in [1.54, 1.807) is 31.2 Å². The van der Waals surface area contributed by atoms with Crippen molar-refractivity contribution in [2.24, 2.45) is 0 Å². The Bertz CT molecular complexity index is 835. The quantitative estimate of drug-likeness (QED) is 0.837. The number of carbonyl (C=O) groups is 2. The molecule has 2 rings (SSSR count). The van der Waals surface area contributed by atoms with Crippen LogP contribution in [0.5, 0.6) is 5.75 Å². The largest absolute Gasteiger partial charge is 0.481 e. The van der Waals surface area contributed by atoms with Gasteiger partial charge in [0.25, 0.3) is 5.91 Å². The molecule has 0 aliphatic carbocycles.